The third-order valence-electron chi connectivity index (χ3n) is 4.92. The van der Waals surface area contributed by atoms with Crippen molar-refractivity contribution in [2.24, 2.45) is 0 Å². The van der Waals surface area contributed by atoms with Gasteiger partial charge in [-0.15, -0.1) is 0 Å². The van der Waals surface area contributed by atoms with E-state index in [1.807, 2.05) is 42.3 Å². The van der Waals surface area contributed by atoms with E-state index in [9.17, 15) is 4.79 Å². The molecule has 1 fully saturated rings. The fraction of sp³-hybridized carbons (Fsp3) is 0.381. The number of amides is 2. The second-order valence-corrected chi connectivity index (χ2v) is 6.66. The van der Waals surface area contributed by atoms with Gasteiger partial charge in [0.05, 0.1) is 7.11 Å². The lowest BCUT2D eigenvalue weighted by Gasteiger charge is -2.36. The van der Waals surface area contributed by atoms with E-state index >= 15 is 0 Å². The molecule has 1 N–H and O–H groups in total. The lowest BCUT2D eigenvalue weighted by Crippen LogP contribution is -2.52. The summed E-state index contributed by atoms with van der Waals surface area (Å²) in [5.74, 6) is 0.859. The Morgan fingerprint density at radius 1 is 1.04 bits per heavy atom. The van der Waals surface area contributed by atoms with Crippen LogP contribution < -0.4 is 19.9 Å². The molecular formula is C21H28N4O2. The maximum absolute atomic E-state index is 12.4. The number of methoxy groups -OCH3 is 1. The molecule has 1 aliphatic rings. The van der Waals surface area contributed by atoms with Crippen LogP contribution in [0.15, 0.2) is 54.6 Å². The first-order valence-electron chi connectivity index (χ1n) is 9.35. The first kappa shape index (κ1) is 18.9. The minimum atomic E-state index is 0.0193. The molecule has 2 aromatic carbocycles. The summed E-state index contributed by atoms with van der Waals surface area (Å²) in [6.45, 7) is 4.54. The van der Waals surface area contributed by atoms with Crippen LogP contribution in [0.2, 0.25) is 0 Å². The normalized spacial score (nSPS) is 14.0. The quantitative estimate of drug-likeness (QED) is 0.852. The van der Waals surface area contributed by atoms with E-state index in [-0.39, 0.29) is 6.03 Å². The Bertz CT molecular complexity index is 713. The van der Waals surface area contributed by atoms with E-state index in [4.69, 9.17) is 4.74 Å². The van der Waals surface area contributed by atoms with E-state index in [0.29, 0.717) is 6.54 Å². The van der Waals surface area contributed by atoms with Crippen LogP contribution in [0.25, 0.3) is 0 Å². The number of rotatable bonds is 6. The summed E-state index contributed by atoms with van der Waals surface area (Å²) in [7, 11) is 3.71. The second-order valence-electron chi connectivity index (χ2n) is 6.66. The highest BCUT2D eigenvalue weighted by Gasteiger charge is 2.21. The molecule has 2 amide bonds. The number of likely N-dealkylation sites (N-methyl/N-ethyl adjacent to an activating group) is 1. The van der Waals surface area contributed by atoms with Gasteiger partial charge in [0.25, 0.3) is 0 Å². The van der Waals surface area contributed by atoms with Crippen LogP contribution in [0.4, 0.5) is 16.2 Å². The van der Waals surface area contributed by atoms with Crippen LogP contribution in [-0.2, 0) is 0 Å². The minimum Gasteiger partial charge on any atom is -0.497 e. The third-order valence-corrected chi connectivity index (χ3v) is 4.92. The zero-order valence-corrected chi connectivity index (χ0v) is 16.1. The zero-order chi connectivity index (χ0) is 19.1. The molecule has 0 saturated carbocycles. The smallest absolute Gasteiger partial charge is 0.317 e. The number of carbonyl (C=O) groups is 1. The Hall–Kier alpha value is -2.89. The molecule has 0 aromatic heterocycles. The van der Waals surface area contributed by atoms with Crippen LogP contribution >= 0.6 is 0 Å². The number of hydrogen-bond donors (Lipinski definition) is 1. The number of urea groups is 1. The molecule has 6 heteroatoms. The summed E-state index contributed by atoms with van der Waals surface area (Å²) in [6, 6.07) is 18.3. The number of nitrogens with one attached hydrogen (secondary N) is 1. The van der Waals surface area contributed by atoms with Gasteiger partial charge in [-0.1, -0.05) is 18.2 Å². The van der Waals surface area contributed by atoms with Gasteiger partial charge in [0.2, 0.25) is 0 Å². The molecule has 27 heavy (non-hydrogen) atoms. The number of ether oxygens (including phenoxy) is 1. The van der Waals surface area contributed by atoms with E-state index in [0.717, 1.165) is 44.2 Å². The maximum atomic E-state index is 12.4. The van der Waals surface area contributed by atoms with Crippen LogP contribution in [0.3, 0.4) is 0 Å². The Kier molecular flexibility index (Phi) is 6.41. The molecule has 0 aliphatic carbocycles. The Balaban J connectivity index is 1.40. The maximum Gasteiger partial charge on any atom is 0.317 e. The van der Waals surface area contributed by atoms with Crippen LogP contribution in [-0.4, -0.2) is 64.4 Å². The van der Waals surface area contributed by atoms with E-state index in [1.165, 1.54) is 5.69 Å². The fourth-order valence-electron chi connectivity index (χ4n) is 3.21. The van der Waals surface area contributed by atoms with Crippen molar-refractivity contribution in [3.63, 3.8) is 0 Å². The van der Waals surface area contributed by atoms with Crippen molar-refractivity contribution in [2.45, 2.75) is 0 Å². The molecule has 0 unspecified atom stereocenters. The van der Waals surface area contributed by atoms with Crippen molar-refractivity contribution in [1.29, 1.82) is 0 Å². The summed E-state index contributed by atoms with van der Waals surface area (Å²) in [5, 5.41) is 3.03. The Morgan fingerprint density at radius 3 is 2.33 bits per heavy atom. The topological polar surface area (TPSA) is 48.1 Å². The standard InChI is InChI=1S/C21H28N4O2/c1-23(18-6-4-3-5-7-18)13-12-22-21(26)25-16-14-24(15-17-25)19-8-10-20(27-2)11-9-19/h3-11H,12-17H2,1-2H3,(H,22,26). The predicted octanol–water partition coefficient (Wildman–Crippen LogP) is 2.66. The van der Waals surface area contributed by atoms with Gasteiger partial charge >= 0.3 is 6.03 Å². The highest BCUT2D eigenvalue weighted by atomic mass is 16.5. The molecule has 1 saturated heterocycles. The van der Waals surface area contributed by atoms with Gasteiger partial charge in [0, 0.05) is 57.7 Å². The lowest BCUT2D eigenvalue weighted by molar-refractivity contribution is 0.194. The van der Waals surface area contributed by atoms with E-state index in [2.05, 4.69) is 39.4 Å². The molecule has 6 nitrogen and oxygen atoms in total. The summed E-state index contributed by atoms with van der Waals surface area (Å²) in [5.41, 5.74) is 2.32. The Morgan fingerprint density at radius 2 is 1.70 bits per heavy atom. The van der Waals surface area contributed by atoms with Gasteiger partial charge in [-0.25, -0.2) is 4.79 Å². The lowest BCUT2D eigenvalue weighted by atomic mass is 10.2. The zero-order valence-electron chi connectivity index (χ0n) is 16.1. The molecule has 0 atom stereocenters. The molecule has 2 aromatic rings. The van der Waals surface area contributed by atoms with Gasteiger partial charge in [-0.3, -0.25) is 0 Å². The van der Waals surface area contributed by atoms with Crippen LogP contribution in [0.1, 0.15) is 0 Å². The Labute approximate surface area is 161 Å². The number of carbonyl (C=O) groups excluding carboxylic acids is 1. The van der Waals surface area contributed by atoms with Gasteiger partial charge in [-0.05, 0) is 36.4 Å². The summed E-state index contributed by atoms with van der Waals surface area (Å²) < 4.78 is 5.20. The monoisotopic (exact) mass is 368 g/mol. The predicted molar refractivity (Wildman–Crippen MR) is 110 cm³/mol. The van der Waals surface area contributed by atoms with Crippen molar-refractivity contribution in [1.82, 2.24) is 10.2 Å². The van der Waals surface area contributed by atoms with Crippen molar-refractivity contribution < 1.29 is 9.53 Å². The van der Waals surface area contributed by atoms with Gasteiger partial charge in [0.1, 0.15) is 5.75 Å². The van der Waals surface area contributed by atoms with Crippen LogP contribution in [0, 0.1) is 0 Å². The average molecular weight is 368 g/mol. The number of piperazine rings is 1. The molecule has 1 aliphatic heterocycles. The molecular weight excluding hydrogens is 340 g/mol. The highest BCUT2D eigenvalue weighted by molar-refractivity contribution is 5.74. The second kappa shape index (κ2) is 9.16. The molecule has 0 radical (unpaired) electrons. The van der Waals surface area contributed by atoms with Crippen molar-refractivity contribution in [3.8, 4) is 5.75 Å². The number of anilines is 2. The fourth-order valence-corrected chi connectivity index (χ4v) is 3.21. The molecule has 0 bridgehead atoms. The SMILES string of the molecule is COc1ccc(N2CCN(C(=O)NCCN(C)c3ccccc3)CC2)cc1. The average Bonchev–Trinajstić information content (AvgIpc) is 2.74. The highest BCUT2D eigenvalue weighted by Crippen LogP contribution is 2.20. The first-order chi connectivity index (χ1) is 13.2. The minimum absolute atomic E-state index is 0.0193. The van der Waals surface area contributed by atoms with Gasteiger partial charge < -0.3 is 24.8 Å². The van der Waals surface area contributed by atoms with Gasteiger partial charge in [0.15, 0.2) is 0 Å². The van der Waals surface area contributed by atoms with Gasteiger partial charge in [-0.2, -0.15) is 0 Å². The summed E-state index contributed by atoms with van der Waals surface area (Å²) >= 11 is 0. The molecule has 3 rings (SSSR count). The number of nitrogens with zero attached hydrogens (tertiary/aromatic N) is 3. The molecule has 0 spiro atoms. The van der Waals surface area contributed by atoms with Crippen LogP contribution in [0.5, 0.6) is 5.75 Å². The summed E-state index contributed by atoms with van der Waals surface area (Å²) in [6.07, 6.45) is 0. The van der Waals surface area contributed by atoms with E-state index < -0.39 is 0 Å². The van der Waals surface area contributed by atoms with Crippen molar-refractivity contribution >= 4 is 17.4 Å². The van der Waals surface area contributed by atoms with Crippen molar-refractivity contribution in [3.05, 3.63) is 54.6 Å². The molecule has 1 heterocycles. The number of hydrogen-bond acceptors (Lipinski definition) is 4. The number of para-hydroxylation sites is 1. The molecule has 144 valence electrons. The largest absolute Gasteiger partial charge is 0.497 e. The number of benzene rings is 2. The third kappa shape index (κ3) is 5.06. The van der Waals surface area contributed by atoms with Crippen molar-refractivity contribution in [2.75, 3.05) is 63.2 Å². The summed E-state index contributed by atoms with van der Waals surface area (Å²) in [4.78, 5) is 18.7. The first-order valence-corrected chi connectivity index (χ1v) is 9.35. The van der Waals surface area contributed by atoms with E-state index in [1.54, 1.807) is 7.11 Å².